The van der Waals surface area contributed by atoms with E-state index >= 15 is 0 Å². The maximum absolute atomic E-state index is 4.64. The monoisotopic (exact) mass is 190 g/mol. The van der Waals surface area contributed by atoms with Gasteiger partial charge < -0.3 is 4.57 Å². The van der Waals surface area contributed by atoms with Crippen LogP contribution in [0.15, 0.2) is 6.08 Å². The Bertz CT molecular complexity index is 361. The van der Waals surface area contributed by atoms with Gasteiger partial charge in [-0.25, -0.2) is 4.98 Å². The molecule has 14 heavy (non-hydrogen) atoms. The Labute approximate surface area is 85.7 Å². The van der Waals surface area contributed by atoms with Crippen molar-refractivity contribution >= 4 is 6.08 Å². The van der Waals surface area contributed by atoms with Crippen LogP contribution in [0.5, 0.6) is 0 Å². The maximum Gasteiger partial charge on any atom is 0.132 e. The molecule has 0 radical (unpaired) electrons. The van der Waals surface area contributed by atoms with Crippen molar-refractivity contribution < 1.29 is 0 Å². The lowest BCUT2D eigenvalue weighted by Crippen LogP contribution is -2.03. The van der Waals surface area contributed by atoms with Gasteiger partial charge in [-0.1, -0.05) is 19.9 Å². The second-order valence-corrected chi connectivity index (χ2v) is 4.13. The molecule has 1 atom stereocenters. The minimum absolute atomic E-state index is 0.682. The fourth-order valence-corrected chi connectivity index (χ4v) is 2.03. The van der Waals surface area contributed by atoms with Crippen LogP contribution in [-0.4, -0.2) is 9.55 Å². The molecular weight excluding hydrogens is 172 g/mol. The van der Waals surface area contributed by atoms with E-state index in [0.29, 0.717) is 5.92 Å². The second-order valence-electron chi connectivity index (χ2n) is 4.13. The van der Waals surface area contributed by atoms with Crippen molar-refractivity contribution in [1.29, 1.82) is 0 Å². The molecule has 2 nitrogen and oxygen atoms in total. The van der Waals surface area contributed by atoms with Crippen molar-refractivity contribution in [1.82, 2.24) is 9.55 Å². The predicted octanol–water partition coefficient (Wildman–Crippen LogP) is 2.81. The maximum atomic E-state index is 4.64. The number of hydrogen-bond donors (Lipinski definition) is 0. The molecule has 1 unspecified atom stereocenters. The molecule has 1 aliphatic rings. The number of imidazole rings is 1. The topological polar surface area (TPSA) is 17.8 Å². The predicted molar refractivity (Wildman–Crippen MR) is 59.2 cm³/mol. The molecular formula is C12H18N2. The van der Waals surface area contributed by atoms with Crippen LogP contribution in [0.3, 0.4) is 0 Å². The first-order valence-corrected chi connectivity index (χ1v) is 5.46. The molecule has 0 fully saturated rings. The van der Waals surface area contributed by atoms with E-state index in [-0.39, 0.29) is 0 Å². The third-order valence-corrected chi connectivity index (χ3v) is 3.07. The summed E-state index contributed by atoms with van der Waals surface area (Å²) < 4.78 is 2.35. The highest BCUT2D eigenvalue weighted by Crippen LogP contribution is 2.20. The van der Waals surface area contributed by atoms with Gasteiger partial charge in [0.1, 0.15) is 5.82 Å². The number of nitrogens with zero attached hydrogens (tertiary/aromatic N) is 2. The van der Waals surface area contributed by atoms with Gasteiger partial charge in [0.15, 0.2) is 0 Å². The van der Waals surface area contributed by atoms with Crippen LogP contribution in [0.4, 0.5) is 0 Å². The number of aryl methyl sites for hydroxylation is 1. The van der Waals surface area contributed by atoms with Crippen LogP contribution in [0.25, 0.3) is 6.08 Å². The number of allylic oxidation sites excluding steroid dienone is 1. The van der Waals surface area contributed by atoms with E-state index in [1.807, 2.05) is 0 Å². The van der Waals surface area contributed by atoms with Crippen LogP contribution >= 0.6 is 0 Å². The smallest absolute Gasteiger partial charge is 0.132 e. The van der Waals surface area contributed by atoms with Crippen molar-refractivity contribution in [2.45, 2.75) is 40.2 Å². The summed E-state index contributed by atoms with van der Waals surface area (Å²) in [4.78, 5) is 4.64. The van der Waals surface area contributed by atoms with Gasteiger partial charge >= 0.3 is 0 Å². The first-order valence-electron chi connectivity index (χ1n) is 5.46. The summed E-state index contributed by atoms with van der Waals surface area (Å²) in [6.07, 6.45) is 6.70. The third-order valence-electron chi connectivity index (χ3n) is 3.07. The average molecular weight is 190 g/mol. The zero-order chi connectivity index (χ0) is 10.1. The quantitative estimate of drug-likeness (QED) is 0.666. The third kappa shape index (κ3) is 1.49. The fraction of sp³-hybridized carbons (Fsp3) is 0.583. The van der Waals surface area contributed by atoms with E-state index in [9.17, 15) is 0 Å². The highest BCUT2D eigenvalue weighted by atomic mass is 15.1. The van der Waals surface area contributed by atoms with E-state index < -0.39 is 0 Å². The standard InChI is InChI=1S/C12H18N2/c1-4-11-10(3)14-8-7-9(2)5-6-12(14)13-11/h5-6,9H,4,7-8H2,1-3H3. The summed E-state index contributed by atoms with van der Waals surface area (Å²) in [6.45, 7) is 7.72. The zero-order valence-corrected chi connectivity index (χ0v) is 9.25. The SMILES string of the molecule is CCc1nc2n(c1C)CCC(C)C=C2. The number of rotatable bonds is 1. The summed E-state index contributed by atoms with van der Waals surface area (Å²) >= 11 is 0. The normalized spacial score (nSPS) is 20.6. The zero-order valence-electron chi connectivity index (χ0n) is 9.25. The largest absolute Gasteiger partial charge is 0.329 e. The first kappa shape index (κ1) is 9.50. The Morgan fingerprint density at radius 2 is 2.36 bits per heavy atom. The van der Waals surface area contributed by atoms with Crippen LogP contribution in [0.1, 0.15) is 37.5 Å². The fourth-order valence-electron chi connectivity index (χ4n) is 2.03. The Morgan fingerprint density at radius 1 is 1.57 bits per heavy atom. The lowest BCUT2D eigenvalue weighted by atomic mass is 10.1. The highest BCUT2D eigenvalue weighted by Gasteiger charge is 2.13. The molecule has 1 aromatic heterocycles. The van der Waals surface area contributed by atoms with Gasteiger partial charge in [-0.3, -0.25) is 0 Å². The molecule has 0 spiro atoms. The first-order chi connectivity index (χ1) is 6.72. The van der Waals surface area contributed by atoms with E-state index in [0.717, 1.165) is 18.8 Å². The summed E-state index contributed by atoms with van der Waals surface area (Å²) in [5, 5.41) is 0. The number of fused-ring (bicyclic) bond motifs is 1. The summed E-state index contributed by atoms with van der Waals surface area (Å²) in [6, 6.07) is 0. The molecule has 0 N–H and O–H groups in total. The van der Waals surface area contributed by atoms with E-state index in [2.05, 4.69) is 42.5 Å². The molecule has 0 aliphatic carbocycles. The lowest BCUT2D eigenvalue weighted by molar-refractivity contribution is 0.555. The average Bonchev–Trinajstić information content (AvgIpc) is 2.36. The van der Waals surface area contributed by atoms with Crippen molar-refractivity contribution in [3.05, 3.63) is 23.3 Å². The van der Waals surface area contributed by atoms with Crippen molar-refractivity contribution in [2.24, 2.45) is 5.92 Å². The second kappa shape index (κ2) is 3.60. The van der Waals surface area contributed by atoms with E-state index in [1.165, 1.54) is 17.8 Å². The number of aromatic nitrogens is 2. The molecule has 0 saturated heterocycles. The van der Waals surface area contributed by atoms with Gasteiger partial charge in [-0.2, -0.15) is 0 Å². The molecule has 76 valence electrons. The molecule has 1 aromatic rings. The van der Waals surface area contributed by atoms with Crippen molar-refractivity contribution in [3.63, 3.8) is 0 Å². The van der Waals surface area contributed by atoms with Crippen LogP contribution in [-0.2, 0) is 13.0 Å². The van der Waals surface area contributed by atoms with Crippen LogP contribution < -0.4 is 0 Å². The number of hydrogen-bond acceptors (Lipinski definition) is 1. The minimum atomic E-state index is 0.682. The van der Waals surface area contributed by atoms with Gasteiger partial charge in [0.05, 0.1) is 5.69 Å². The summed E-state index contributed by atoms with van der Waals surface area (Å²) in [7, 11) is 0. The highest BCUT2D eigenvalue weighted by molar-refractivity contribution is 5.44. The Morgan fingerprint density at radius 3 is 3.07 bits per heavy atom. The van der Waals surface area contributed by atoms with E-state index in [1.54, 1.807) is 0 Å². The molecule has 2 heteroatoms. The van der Waals surface area contributed by atoms with Gasteiger partial charge in [0.2, 0.25) is 0 Å². The Kier molecular flexibility index (Phi) is 2.44. The van der Waals surface area contributed by atoms with Crippen molar-refractivity contribution in [2.75, 3.05) is 0 Å². The van der Waals surface area contributed by atoms with E-state index in [4.69, 9.17) is 0 Å². The molecule has 1 aliphatic heterocycles. The summed E-state index contributed by atoms with van der Waals surface area (Å²) in [5.41, 5.74) is 2.60. The molecule has 0 bridgehead atoms. The molecule has 0 saturated carbocycles. The van der Waals surface area contributed by atoms with Crippen LogP contribution in [0.2, 0.25) is 0 Å². The lowest BCUT2D eigenvalue weighted by Gasteiger charge is -2.07. The molecule has 0 amide bonds. The molecule has 2 rings (SSSR count). The minimum Gasteiger partial charge on any atom is -0.329 e. The Hall–Kier alpha value is -1.05. The van der Waals surface area contributed by atoms with Gasteiger partial charge in [-0.05, 0) is 31.8 Å². The Balaban J connectivity index is 2.43. The van der Waals surface area contributed by atoms with Gasteiger partial charge in [0.25, 0.3) is 0 Å². The summed E-state index contributed by atoms with van der Waals surface area (Å²) in [5.74, 6) is 1.82. The van der Waals surface area contributed by atoms with Gasteiger partial charge in [-0.15, -0.1) is 0 Å². The van der Waals surface area contributed by atoms with Gasteiger partial charge in [0, 0.05) is 12.2 Å². The molecule has 0 aromatic carbocycles. The van der Waals surface area contributed by atoms with Crippen molar-refractivity contribution in [3.8, 4) is 0 Å². The molecule has 2 heterocycles. The van der Waals surface area contributed by atoms with Crippen LogP contribution in [0, 0.1) is 12.8 Å².